The number of hydrogen-bond donors (Lipinski definition) is 0. The van der Waals surface area contributed by atoms with Crippen LogP contribution >= 0.6 is 0 Å². The third kappa shape index (κ3) is 52.6. The Labute approximate surface area is 410 Å². The Morgan fingerprint density at radius 3 is 0.894 bits per heavy atom. The van der Waals surface area contributed by atoms with Crippen molar-refractivity contribution in [3.63, 3.8) is 0 Å². The van der Waals surface area contributed by atoms with Gasteiger partial charge in [-0.2, -0.15) is 0 Å². The summed E-state index contributed by atoms with van der Waals surface area (Å²) in [7, 11) is 0. The maximum atomic E-state index is 12.7. The highest BCUT2D eigenvalue weighted by Crippen LogP contribution is 2.16. The summed E-state index contributed by atoms with van der Waals surface area (Å²) in [6, 6.07) is 0. The van der Waals surface area contributed by atoms with Crippen molar-refractivity contribution in [2.45, 2.75) is 316 Å². The van der Waals surface area contributed by atoms with Crippen molar-refractivity contribution in [3.05, 3.63) is 36.5 Å². The molecule has 0 heterocycles. The maximum absolute atomic E-state index is 12.7. The molecule has 0 amide bonds. The molecule has 0 bridgehead atoms. The van der Waals surface area contributed by atoms with E-state index in [2.05, 4.69) is 57.2 Å². The smallest absolute Gasteiger partial charge is 0.306 e. The molecular weight excluding hydrogens is 817 g/mol. The summed E-state index contributed by atoms with van der Waals surface area (Å²) in [5.41, 5.74) is 0. The molecule has 1 unspecified atom stereocenters. The second-order valence-corrected chi connectivity index (χ2v) is 19.6. The lowest BCUT2D eigenvalue weighted by molar-refractivity contribution is -0.167. The van der Waals surface area contributed by atoms with Gasteiger partial charge in [-0.3, -0.25) is 14.4 Å². The van der Waals surface area contributed by atoms with Crippen molar-refractivity contribution >= 4 is 17.9 Å². The molecular formula is C60H110O6. The minimum absolute atomic E-state index is 0.0717. The van der Waals surface area contributed by atoms with Gasteiger partial charge in [0.05, 0.1) is 0 Å². The Morgan fingerprint density at radius 2 is 0.561 bits per heavy atom. The van der Waals surface area contributed by atoms with Crippen molar-refractivity contribution in [1.29, 1.82) is 0 Å². The van der Waals surface area contributed by atoms with E-state index in [1.165, 1.54) is 199 Å². The molecule has 0 fully saturated rings. The molecule has 0 saturated carbocycles. The van der Waals surface area contributed by atoms with E-state index in [0.717, 1.165) is 70.6 Å². The number of allylic oxidation sites excluding steroid dienone is 6. The van der Waals surface area contributed by atoms with Crippen LogP contribution in [-0.2, 0) is 28.6 Å². The van der Waals surface area contributed by atoms with E-state index in [1.54, 1.807) is 0 Å². The highest BCUT2D eigenvalue weighted by Gasteiger charge is 2.19. The average Bonchev–Trinajstić information content (AvgIpc) is 3.31. The first-order chi connectivity index (χ1) is 32.5. The number of hydrogen-bond acceptors (Lipinski definition) is 6. The van der Waals surface area contributed by atoms with Crippen LogP contribution in [0.15, 0.2) is 36.5 Å². The Morgan fingerprint density at radius 1 is 0.303 bits per heavy atom. The highest BCUT2D eigenvalue weighted by molar-refractivity contribution is 5.71. The fourth-order valence-electron chi connectivity index (χ4n) is 8.46. The van der Waals surface area contributed by atoms with Gasteiger partial charge in [0.2, 0.25) is 0 Å². The molecule has 0 N–H and O–H groups in total. The zero-order valence-electron chi connectivity index (χ0n) is 44.2. The summed E-state index contributed by atoms with van der Waals surface area (Å²) in [6.07, 6.45) is 66.0. The van der Waals surface area contributed by atoms with Gasteiger partial charge in [0.25, 0.3) is 0 Å². The van der Waals surface area contributed by atoms with Crippen molar-refractivity contribution in [1.82, 2.24) is 0 Å². The summed E-state index contributed by atoms with van der Waals surface area (Å²) in [4.78, 5) is 37.9. The molecule has 0 aromatic carbocycles. The number of carbonyl (C=O) groups excluding carboxylic acids is 3. The second kappa shape index (κ2) is 55.2. The quantitative estimate of drug-likeness (QED) is 0.0262. The van der Waals surface area contributed by atoms with Crippen LogP contribution in [0.4, 0.5) is 0 Å². The van der Waals surface area contributed by atoms with Crippen LogP contribution in [0.25, 0.3) is 0 Å². The topological polar surface area (TPSA) is 78.9 Å². The number of rotatable bonds is 53. The third-order valence-corrected chi connectivity index (χ3v) is 12.9. The molecule has 0 aliphatic heterocycles. The number of esters is 3. The van der Waals surface area contributed by atoms with E-state index in [9.17, 15) is 14.4 Å². The van der Waals surface area contributed by atoms with Crippen molar-refractivity contribution in [2.24, 2.45) is 0 Å². The molecule has 6 heteroatoms. The first-order valence-corrected chi connectivity index (χ1v) is 29.0. The van der Waals surface area contributed by atoms with Crippen LogP contribution in [0.2, 0.25) is 0 Å². The number of carbonyl (C=O) groups is 3. The van der Waals surface area contributed by atoms with Gasteiger partial charge in [-0.05, 0) is 70.6 Å². The zero-order chi connectivity index (χ0) is 47.9. The summed E-state index contributed by atoms with van der Waals surface area (Å²) in [6.45, 7) is 6.58. The van der Waals surface area contributed by atoms with Crippen LogP contribution < -0.4 is 0 Å². The molecule has 0 aromatic heterocycles. The Kier molecular flexibility index (Phi) is 53.2. The predicted octanol–water partition coefficient (Wildman–Crippen LogP) is 19.3. The first kappa shape index (κ1) is 63.6. The summed E-state index contributed by atoms with van der Waals surface area (Å²) in [5.74, 6) is -0.874. The standard InChI is InChI=1S/C60H110O6/c1-4-7-10-13-16-19-21-22-23-24-25-26-27-28-29-30-31-32-33-34-35-36-37-38-40-41-44-47-50-53-59(62)65-56-57(55-64-58(61)52-49-46-43-18-15-12-9-6-3)66-60(63)54-51-48-45-42-39-20-17-14-11-8-5-2/h14,17,21-22,24-25,57H,4-13,15-16,18-20,23,26-56H2,1-3H3/b17-14-,22-21-,25-24-. The molecule has 0 aliphatic carbocycles. The average molecular weight is 928 g/mol. The van der Waals surface area contributed by atoms with E-state index in [4.69, 9.17) is 14.2 Å². The monoisotopic (exact) mass is 927 g/mol. The number of ether oxygens (including phenoxy) is 3. The van der Waals surface area contributed by atoms with E-state index >= 15 is 0 Å². The fraction of sp³-hybridized carbons (Fsp3) is 0.850. The van der Waals surface area contributed by atoms with E-state index in [1.807, 2.05) is 0 Å². The van der Waals surface area contributed by atoms with Crippen LogP contribution in [0.5, 0.6) is 0 Å². The molecule has 0 aromatic rings. The van der Waals surface area contributed by atoms with Crippen LogP contribution in [0.3, 0.4) is 0 Å². The van der Waals surface area contributed by atoms with Gasteiger partial charge in [0.15, 0.2) is 6.10 Å². The van der Waals surface area contributed by atoms with Crippen molar-refractivity contribution < 1.29 is 28.6 Å². The van der Waals surface area contributed by atoms with Gasteiger partial charge in [-0.1, -0.05) is 256 Å². The molecule has 0 spiro atoms. The maximum Gasteiger partial charge on any atom is 0.306 e. The highest BCUT2D eigenvalue weighted by atomic mass is 16.6. The van der Waals surface area contributed by atoms with Crippen LogP contribution in [0, 0.1) is 0 Å². The fourth-order valence-corrected chi connectivity index (χ4v) is 8.46. The summed E-state index contributed by atoms with van der Waals surface area (Å²) < 4.78 is 16.8. The van der Waals surface area contributed by atoms with Gasteiger partial charge in [0.1, 0.15) is 13.2 Å². The van der Waals surface area contributed by atoms with E-state index in [-0.39, 0.29) is 31.1 Å². The molecule has 0 aliphatic rings. The zero-order valence-corrected chi connectivity index (χ0v) is 44.2. The first-order valence-electron chi connectivity index (χ1n) is 29.0. The minimum atomic E-state index is -0.770. The molecule has 386 valence electrons. The van der Waals surface area contributed by atoms with Crippen LogP contribution in [0.1, 0.15) is 310 Å². The van der Waals surface area contributed by atoms with Gasteiger partial charge in [-0.25, -0.2) is 0 Å². The predicted molar refractivity (Wildman–Crippen MR) is 284 cm³/mol. The molecule has 0 radical (unpaired) electrons. The lowest BCUT2D eigenvalue weighted by Gasteiger charge is -2.18. The summed E-state index contributed by atoms with van der Waals surface area (Å²) >= 11 is 0. The normalized spacial score (nSPS) is 12.2. The van der Waals surface area contributed by atoms with Gasteiger partial charge in [-0.15, -0.1) is 0 Å². The van der Waals surface area contributed by atoms with Gasteiger partial charge >= 0.3 is 17.9 Å². The molecule has 1 atom stereocenters. The Hall–Kier alpha value is -2.37. The van der Waals surface area contributed by atoms with Crippen molar-refractivity contribution in [2.75, 3.05) is 13.2 Å². The SMILES string of the molecule is CCCC/C=C\CCCCCCCC(=O)OC(COC(=O)CCCCCCCCCC)COC(=O)CCCCCCCCCCCCCCCCCCC/C=C\C/C=C\CCCCCCC. The van der Waals surface area contributed by atoms with E-state index in [0.29, 0.717) is 19.3 Å². The van der Waals surface area contributed by atoms with E-state index < -0.39 is 6.10 Å². The van der Waals surface area contributed by atoms with Gasteiger partial charge < -0.3 is 14.2 Å². The van der Waals surface area contributed by atoms with Crippen molar-refractivity contribution in [3.8, 4) is 0 Å². The molecule has 66 heavy (non-hydrogen) atoms. The lowest BCUT2D eigenvalue weighted by Crippen LogP contribution is -2.30. The minimum Gasteiger partial charge on any atom is -0.462 e. The van der Waals surface area contributed by atoms with Crippen LogP contribution in [-0.4, -0.2) is 37.2 Å². The Bertz CT molecular complexity index is 1110. The summed E-state index contributed by atoms with van der Waals surface area (Å²) in [5, 5.41) is 0. The Balaban J connectivity index is 4.01. The second-order valence-electron chi connectivity index (χ2n) is 19.6. The number of unbranched alkanes of at least 4 members (excludes halogenated alkanes) is 36. The molecule has 0 saturated heterocycles. The third-order valence-electron chi connectivity index (χ3n) is 12.9. The van der Waals surface area contributed by atoms with Gasteiger partial charge in [0, 0.05) is 19.3 Å². The molecule has 0 rings (SSSR count). The largest absolute Gasteiger partial charge is 0.462 e. The molecule has 6 nitrogen and oxygen atoms in total. The lowest BCUT2D eigenvalue weighted by atomic mass is 10.0.